The number of hydrogen-bond donors (Lipinski definition) is 2. The molecule has 0 aliphatic carbocycles. The highest BCUT2D eigenvalue weighted by atomic mass is 19.2. The summed E-state index contributed by atoms with van der Waals surface area (Å²) in [5.74, 6) is -5.83. The Morgan fingerprint density at radius 2 is 1.88 bits per heavy atom. The third-order valence-electron chi connectivity index (χ3n) is 4.18. The van der Waals surface area contributed by atoms with E-state index in [9.17, 15) is 27.6 Å². The van der Waals surface area contributed by atoms with E-state index in [2.05, 4.69) is 5.32 Å². The molecular weight excluding hydrogens is 351 g/mol. The maximum absolute atomic E-state index is 13.6. The monoisotopic (exact) mass is 371 g/mol. The van der Waals surface area contributed by atoms with E-state index < -0.39 is 53.1 Å². The zero-order chi connectivity index (χ0) is 19.6. The third kappa shape index (κ3) is 3.97. The van der Waals surface area contributed by atoms with Crippen LogP contribution in [0.2, 0.25) is 0 Å². The van der Waals surface area contributed by atoms with Crippen LogP contribution in [0, 0.1) is 23.4 Å². The van der Waals surface area contributed by atoms with Gasteiger partial charge in [-0.3, -0.25) is 14.5 Å². The van der Waals surface area contributed by atoms with Crippen molar-refractivity contribution in [2.24, 2.45) is 5.92 Å². The van der Waals surface area contributed by atoms with Gasteiger partial charge in [-0.05, 0) is 37.8 Å². The molecule has 0 spiro atoms. The van der Waals surface area contributed by atoms with Gasteiger partial charge < -0.3 is 10.6 Å². The molecule has 1 unspecified atom stereocenters. The second kappa shape index (κ2) is 7.35. The summed E-state index contributed by atoms with van der Waals surface area (Å²) in [5, 5.41) is 4.59. The topological polar surface area (TPSA) is 78.5 Å². The van der Waals surface area contributed by atoms with Crippen LogP contribution in [-0.2, 0) is 9.59 Å². The number of hydrogen-bond acceptors (Lipinski definition) is 3. The molecule has 1 aliphatic rings. The molecule has 0 saturated carbocycles. The molecular formula is C17H20F3N3O3. The van der Waals surface area contributed by atoms with Crippen LogP contribution >= 0.6 is 0 Å². The first-order valence-corrected chi connectivity index (χ1v) is 8.12. The Kier molecular flexibility index (Phi) is 5.58. The molecule has 26 heavy (non-hydrogen) atoms. The summed E-state index contributed by atoms with van der Waals surface area (Å²) in [7, 11) is 0. The van der Waals surface area contributed by atoms with Gasteiger partial charge in [0.25, 0.3) is 5.91 Å². The van der Waals surface area contributed by atoms with E-state index in [0.29, 0.717) is 29.7 Å². The number of benzene rings is 1. The van der Waals surface area contributed by atoms with Gasteiger partial charge in [-0.25, -0.2) is 18.0 Å². The molecule has 0 radical (unpaired) electrons. The van der Waals surface area contributed by atoms with E-state index in [1.807, 2.05) is 19.2 Å². The van der Waals surface area contributed by atoms with Crippen molar-refractivity contribution >= 4 is 23.5 Å². The molecule has 4 amide bonds. The van der Waals surface area contributed by atoms with Crippen molar-refractivity contribution in [2.75, 3.05) is 11.9 Å². The quantitative estimate of drug-likeness (QED) is 0.596. The van der Waals surface area contributed by atoms with Crippen molar-refractivity contribution < 1.29 is 27.6 Å². The molecule has 6 nitrogen and oxygen atoms in total. The number of imide groups is 1. The van der Waals surface area contributed by atoms with E-state index in [1.54, 1.807) is 6.92 Å². The first-order chi connectivity index (χ1) is 12.0. The smallest absolute Gasteiger partial charge is 0.323 e. The first-order valence-electron chi connectivity index (χ1n) is 8.12. The number of carbonyl (C=O) groups is 3. The molecule has 0 bridgehead atoms. The van der Waals surface area contributed by atoms with E-state index in [1.165, 1.54) is 0 Å². The highest BCUT2D eigenvalue weighted by Gasteiger charge is 2.47. The van der Waals surface area contributed by atoms with Crippen LogP contribution in [0.3, 0.4) is 0 Å². The number of nitrogens with zero attached hydrogens (tertiary/aromatic N) is 1. The van der Waals surface area contributed by atoms with Gasteiger partial charge in [0.2, 0.25) is 5.91 Å². The molecule has 1 saturated heterocycles. The van der Waals surface area contributed by atoms with Crippen LogP contribution in [0.5, 0.6) is 0 Å². The molecule has 2 rings (SSSR count). The second-order valence-electron chi connectivity index (χ2n) is 6.86. The van der Waals surface area contributed by atoms with E-state index >= 15 is 0 Å². The highest BCUT2D eigenvalue weighted by molar-refractivity contribution is 6.09. The zero-order valence-electron chi connectivity index (χ0n) is 14.7. The van der Waals surface area contributed by atoms with Gasteiger partial charge in [0.1, 0.15) is 12.1 Å². The highest BCUT2D eigenvalue weighted by Crippen LogP contribution is 2.25. The maximum atomic E-state index is 13.6. The number of carbonyl (C=O) groups excluding carboxylic acids is 3. The number of halogens is 3. The Labute approximate surface area is 148 Å². The second-order valence-corrected chi connectivity index (χ2v) is 6.86. The molecule has 1 heterocycles. The van der Waals surface area contributed by atoms with Crippen molar-refractivity contribution in [3.8, 4) is 0 Å². The number of amides is 4. The fourth-order valence-electron chi connectivity index (χ4n) is 2.59. The molecule has 0 aromatic heterocycles. The molecule has 142 valence electrons. The Morgan fingerprint density at radius 1 is 1.23 bits per heavy atom. The third-order valence-corrected chi connectivity index (χ3v) is 4.18. The Morgan fingerprint density at radius 3 is 2.50 bits per heavy atom. The summed E-state index contributed by atoms with van der Waals surface area (Å²) in [6.07, 6.45) is 1.10. The standard InChI is InChI=1S/C17H20F3N3O3/c1-9(2)6-7-17(3)15(25)23(16(26)22-17)8-12(24)21-11-5-4-10(18)13(19)14(11)20/h4-5,9H,6-8H2,1-3H3,(H,21,24)(H,22,26). The van der Waals surface area contributed by atoms with Gasteiger partial charge in [-0.15, -0.1) is 0 Å². The Hall–Kier alpha value is -2.58. The summed E-state index contributed by atoms with van der Waals surface area (Å²) >= 11 is 0. The van der Waals surface area contributed by atoms with E-state index in [0.717, 1.165) is 6.07 Å². The van der Waals surface area contributed by atoms with Crippen LogP contribution in [-0.4, -0.2) is 34.8 Å². The van der Waals surface area contributed by atoms with Gasteiger partial charge in [0, 0.05) is 0 Å². The first kappa shape index (κ1) is 19.7. The number of rotatable bonds is 6. The predicted octanol–water partition coefficient (Wildman–Crippen LogP) is 2.79. The van der Waals surface area contributed by atoms with Crippen molar-refractivity contribution in [3.05, 3.63) is 29.6 Å². The van der Waals surface area contributed by atoms with Crippen LogP contribution < -0.4 is 10.6 Å². The minimum atomic E-state index is -1.72. The lowest BCUT2D eigenvalue weighted by atomic mass is 9.92. The average Bonchev–Trinajstić information content (AvgIpc) is 2.77. The fourth-order valence-corrected chi connectivity index (χ4v) is 2.59. The molecule has 1 aliphatic heterocycles. The van der Waals surface area contributed by atoms with Crippen LogP contribution in [0.25, 0.3) is 0 Å². The van der Waals surface area contributed by atoms with Crippen molar-refractivity contribution in [2.45, 2.75) is 39.2 Å². The van der Waals surface area contributed by atoms with E-state index in [4.69, 9.17) is 0 Å². The largest absolute Gasteiger partial charge is 0.325 e. The zero-order valence-corrected chi connectivity index (χ0v) is 14.7. The van der Waals surface area contributed by atoms with Crippen LogP contribution in [0.1, 0.15) is 33.6 Å². The lowest BCUT2D eigenvalue weighted by molar-refractivity contribution is -0.133. The Balaban J connectivity index is 2.06. The van der Waals surface area contributed by atoms with Crippen LogP contribution in [0.15, 0.2) is 12.1 Å². The minimum absolute atomic E-state index is 0.324. The lowest BCUT2D eigenvalue weighted by Crippen LogP contribution is -2.44. The maximum Gasteiger partial charge on any atom is 0.325 e. The minimum Gasteiger partial charge on any atom is -0.323 e. The van der Waals surface area contributed by atoms with Gasteiger partial charge in [-0.2, -0.15) is 0 Å². The summed E-state index contributed by atoms with van der Waals surface area (Å²) in [4.78, 5) is 37.2. The number of urea groups is 1. The average molecular weight is 371 g/mol. The molecule has 1 atom stereocenters. The summed E-state index contributed by atoms with van der Waals surface area (Å²) in [6, 6.07) is 0.775. The van der Waals surface area contributed by atoms with Gasteiger partial charge in [0.15, 0.2) is 17.5 Å². The summed E-state index contributed by atoms with van der Waals surface area (Å²) in [6.45, 7) is 4.86. The molecule has 2 N–H and O–H groups in total. The van der Waals surface area contributed by atoms with Crippen molar-refractivity contribution in [1.29, 1.82) is 0 Å². The SMILES string of the molecule is CC(C)CCC1(C)NC(=O)N(CC(=O)Nc2ccc(F)c(F)c2F)C1=O. The normalized spacial score (nSPS) is 19.9. The predicted molar refractivity (Wildman–Crippen MR) is 87.7 cm³/mol. The van der Waals surface area contributed by atoms with Crippen molar-refractivity contribution in [1.82, 2.24) is 10.2 Å². The molecule has 1 aromatic carbocycles. The number of nitrogens with one attached hydrogen (secondary N) is 2. The van der Waals surface area contributed by atoms with Crippen molar-refractivity contribution in [3.63, 3.8) is 0 Å². The van der Waals surface area contributed by atoms with Gasteiger partial charge in [0.05, 0.1) is 5.69 Å². The van der Waals surface area contributed by atoms with E-state index in [-0.39, 0.29) is 0 Å². The van der Waals surface area contributed by atoms with Gasteiger partial charge >= 0.3 is 6.03 Å². The summed E-state index contributed by atoms with van der Waals surface area (Å²) in [5.41, 5.74) is -1.70. The van der Waals surface area contributed by atoms with Gasteiger partial charge in [-0.1, -0.05) is 13.8 Å². The molecule has 1 aromatic rings. The summed E-state index contributed by atoms with van der Waals surface area (Å²) < 4.78 is 39.7. The number of anilines is 1. The lowest BCUT2D eigenvalue weighted by Gasteiger charge is -2.22. The Bertz CT molecular complexity index is 754. The van der Waals surface area contributed by atoms with Crippen LogP contribution in [0.4, 0.5) is 23.7 Å². The molecule has 9 heteroatoms. The molecule has 1 fully saturated rings. The fraction of sp³-hybridized carbons (Fsp3) is 0.471.